The molecule has 2 unspecified atom stereocenters. The Hall–Kier alpha value is -0.610. The van der Waals surface area contributed by atoms with Crippen molar-refractivity contribution in [2.75, 3.05) is 13.2 Å². The average Bonchev–Trinajstić information content (AvgIpc) is 2.83. The smallest absolute Gasteiger partial charge is 0.220 e. The van der Waals surface area contributed by atoms with Gasteiger partial charge in [0.1, 0.15) is 0 Å². The minimum atomic E-state index is 0.162. The summed E-state index contributed by atoms with van der Waals surface area (Å²) in [7, 11) is 0. The topological polar surface area (TPSA) is 64.3 Å². The summed E-state index contributed by atoms with van der Waals surface area (Å²) in [5.41, 5.74) is 5.61. The molecule has 80 valence electrons. The monoisotopic (exact) mass is 198 g/mol. The van der Waals surface area contributed by atoms with E-state index >= 15 is 0 Å². The molecule has 1 aliphatic heterocycles. The molecule has 4 heteroatoms. The summed E-state index contributed by atoms with van der Waals surface area (Å²) in [5, 5.41) is 2.95. The van der Waals surface area contributed by atoms with Gasteiger partial charge in [0.2, 0.25) is 5.91 Å². The van der Waals surface area contributed by atoms with Crippen LogP contribution in [0.4, 0.5) is 0 Å². The van der Waals surface area contributed by atoms with Crippen LogP contribution in [0.5, 0.6) is 0 Å². The van der Waals surface area contributed by atoms with Crippen molar-refractivity contribution in [2.24, 2.45) is 11.7 Å². The highest BCUT2D eigenvalue weighted by molar-refractivity contribution is 5.77. The number of ether oxygens (including phenoxy) is 1. The van der Waals surface area contributed by atoms with E-state index in [0.29, 0.717) is 12.3 Å². The summed E-state index contributed by atoms with van der Waals surface area (Å²) >= 11 is 0. The normalized spacial score (nSPS) is 32.6. The predicted octanol–water partition coefficient (Wildman–Crippen LogP) is 0.0189. The van der Waals surface area contributed by atoms with Crippen LogP contribution in [0.2, 0.25) is 0 Å². The highest BCUT2D eigenvalue weighted by Gasteiger charge is 2.34. The minimum Gasteiger partial charge on any atom is -0.381 e. The van der Waals surface area contributed by atoms with Crippen LogP contribution in [0.25, 0.3) is 0 Å². The molecule has 1 heterocycles. The van der Waals surface area contributed by atoms with Crippen molar-refractivity contribution < 1.29 is 9.53 Å². The summed E-state index contributed by atoms with van der Waals surface area (Å²) in [6, 6.07) is 0.455. The van der Waals surface area contributed by atoms with Gasteiger partial charge in [0, 0.05) is 31.7 Å². The number of amides is 1. The average molecular weight is 198 g/mol. The molecule has 1 saturated carbocycles. The van der Waals surface area contributed by atoms with E-state index in [0.717, 1.165) is 32.5 Å². The third-order valence-corrected chi connectivity index (χ3v) is 3.00. The van der Waals surface area contributed by atoms with Gasteiger partial charge >= 0.3 is 0 Å². The predicted molar refractivity (Wildman–Crippen MR) is 52.7 cm³/mol. The van der Waals surface area contributed by atoms with E-state index in [2.05, 4.69) is 5.32 Å². The molecule has 14 heavy (non-hydrogen) atoms. The zero-order valence-corrected chi connectivity index (χ0v) is 8.37. The molecule has 0 spiro atoms. The highest BCUT2D eigenvalue weighted by Crippen LogP contribution is 2.21. The molecule has 1 saturated heterocycles. The zero-order chi connectivity index (χ0) is 9.97. The lowest BCUT2D eigenvalue weighted by atomic mass is 9.96. The van der Waals surface area contributed by atoms with Gasteiger partial charge in [-0.25, -0.2) is 0 Å². The fourth-order valence-corrected chi connectivity index (χ4v) is 1.86. The second-order valence-electron chi connectivity index (χ2n) is 4.33. The van der Waals surface area contributed by atoms with E-state index in [4.69, 9.17) is 10.5 Å². The maximum atomic E-state index is 11.5. The molecule has 0 bridgehead atoms. The Balaban J connectivity index is 1.65. The van der Waals surface area contributed by atoms with Crippen LogP contribution in [0.3, 0.4) is 0 Å². The van der Waals surface area contributed by atoms with Crippen molar-refractivity contribution in [1.29, 1.82) is 0 Å². The van der Waals surface area contributed by atoms with Crippen LogP contribution in [-0.4, -0.2) is 31.2 Å². The summed E-state index contributed by atoms with van der Waals surface area (Å²) in [5.74, 6) is 0.675. The number of nitrogens with two attached hydrogens (primary N) is 1. The van der Waals surface area contributed by atoms with Crippen molar-refractivity contribution in [3.8, 4) is 0 Å². The maximum absolute atomic E-state index is 11.5. The number of hydrogen-bond donors (Lipinski definition) is 2. The molecule has 1 aliphatic carbocycles. The van der Waals surface area contributed by atoms with Crippen molar-refractivity contribution in [2.45, 2.75) is 37.8 Å². The first-order valence-electron chi connectivity index (χ1n) is 5.38. The molecule has 1 amide bonds. The Kier molecular flexibility index (Phi) is 3.03. The fourth-order valence-electron chi connectivity index (χ4n) is 1.86. The molecule has 4 nitrogen and oxygen atoms in total. The minimum absolute atomic E-state index is 0.162. The third-order valence-electron chi connectivity index (χ3n) is 3.00. The Morgan fingerprint density at radius 3 is 2.64 bits per heavy atom. The zero-order valence-electron chi connectivity index (χ0n) is 8.37. The number of rotatable bonds is 3. The van der Waals surface area contributed by atoms with Gasteiger partial charge in [-0.3, -0.25) is 4.79 Å². The summed E-state index contributed by atoms with van der Waals surface area (Å²) < 4.78 is 5.24. The number of carbonyl (C=O) groups is 1. The van der Waals surface area contributed by atoms with E-state index in [1.54, 1.807) is 0 Å². The second-order valence-corrected chi connectivity index (χ2v) is 4.33. The molecule has 2 fully saturated rings. The molecule has 2 rings (SSSR count). The van der Waals surface area contributed by atoms with Crippen LogP contribution in [-0.2, 0) is 9.53 Å². The van der Waals surface area contributed by atoms with E-state index in [1.165, 1.54) is 0 Å². The van der Waals surface area contributed by atoms with Gasteiger partial charge in [0.15, 0.2) is 0 Å². The van der Waals surface area contributed by atoms with Crippen molar-refractivity contribution in [3.05, 3.63) is 0 Å². The lowest BCUT2D eigenvalue weighted by Gasteiger charge is -2.21. The van der Waals surface area contributed by atoms with E-state index < -0.39 is 0 Å². The summed E-state index contributed by atoms with van der Waals surface area (Å²) in [6.07, 6.45) is 3.63. The van der Waals surface area contributed by atoms with Gasteiger partial charge < -0.3 is 15.8 Å². The van der Waals surface area contributed by atoms with Gasteiger partial charge in [-0.15, -0.1) is 0 Å². The summed E-state index contributed by atoms with van der Waals surface area (Å²) in [6.45, 7) is 1.61. The summed E-state index contributed by atoms with van der Waals surface area (Å²) in [4.78, 5) is 11.5. The van der Waals surface area contributed by atoms with Gasteiger partial charge in [-0.2, -0.15) is 0 Å². The number of hydrogen-bond acceptors (Lipinski definition) is 3. The molecule has 2 aliphatic rings. The standard InChI is InChI=1S/C10H18N2O2/c11-8-6-9(8)12-10(13)5-7-1-3-14-4-2-7/h7-9H,1-6,11H2,(H,12,13). The van der Waals surface area contributed by atoms with Gasteiger partial charge in [0.05, 0.1) is 0 Å². The van der Waals surface area contributed by atoms with E-state index in [1.807, 2.05) is 0 Å². The van der Waals surface area contributed by atoms with Crippen LogP contribution >= 0.6 is 0 Å². The SMILES string of the molecule is NC1CC1NC(=O)CC1CCOCC1. The maximum Gasteiger partial charge on any atom is 0.220 e. The van der Waals surface area contributed by atoms with Gasteiger partial charge in [0.25, 0.3) is 0 Å². The lowest BCUT2D eigenvalue weighted by molar-refractivity contribution is -0.122. The quantitative estimate of drug-likeness (QED) is 0.672. The first-order valence-corrected chi connectivity index (χ1v) is 5.38. The molecule has 3 N–H and O–H groups in total. The Morgan fingerprint density at radius 1 is 1.43 bits per heavy atom. The van der Waals surface area contributed by atoms with Crippen molar-refractivity contribution >= 4 is 5.91 Å². The van der Waals surface area contributed by atoms with Crippen molar-refractivity contribution in [3.63, 3.8) is 0 Å². The molecule has 0 radical (unpaired) electrons. The van der Waals surface area contributed by atoms with Crippen LogP contribution < -0.4 is 11.1 Å². The largest absolute Gasteiger partial charge is 0.381 e. The number of carbonyl (C=O) groups excluding carboxylic acids is 1. The molecule has 0 aromatic rings. The molecular formula is C10H18N2O2. The third kappa shape index (κ3) is 2.69. The Labute approximate surface area is 84.2 Å². The highest BCUT2D eigenvalue weighted by atomic mass is 16.5. The Bertz CT molecular complexity index is 214. The van der Waals surface area contributed by atoms with E-state index in [9.17, 15) is 4.79 Å². The molecular weight excluding hydrogens is 180 g/mol. The van der Waals surface area contributed by atoms with Crippen LogP contribution in [0.15, 0.2) is 0 Å². The first kappa shape index (κ1) is 9.93. The van der Waals surface area contributed by atoms with E-state index in [-0.39, 0.29) is 18.0 Å². The fraction of sp³-hybridized carbons (Fsp3) is 0.900. The first-order chi connectivity index (χ1) is 6.75. The van der Waals surface area contributed by atoms with Crippen molar-refractivity contribution in [1.82, 2.24) is 5.32 Å². The van der Waals surface area contributed by atoms with Gasteiger partial charge in [-0.05, 0) is 25.2 Å². The second kappa shape index (κ2) is 4.28. The van der Waals surface area contributed by atoms with Gasteiger partial charge in [-0.1, -0.05) is 0 Å². The number of nitrogens with one attached hydrogen (secondary N) is 1. The lowest BCUT2D eigenvalue weighted by Crippen LogP contribution is -2.32. The Morgan fingerprint density at radius 2 is 2.07 bits per heavy atom. The van der Waals surface area contributed by atoms with Crippen LogP contribution in [0, 0.1) is 5.92 Å². The molecule has 0 aromatic carbocycles. The van der Waals surface area contributed by atoms with Crippen LogP contribution in [0.1, 0.15) is 25.7 Å². The molecule has 2 atom stereocenters. The molecule has 0 aromatic heterocycles.